The molecule has 0 aliphatic heterocycles. The van der Waals surface area contributed by atoms with Gasteiger partial charge in [-0.1, -0.05) is 0 Å². The van der Waals surface area contributed by atoms with Crippen LogP contribution in [0.1, 0.15) is 0 Å². The maximum absolute atomic E-state index is 8.74. The van der Waals surface area contributed by atoms with E-state index in [-0.39, 0.29) is 68.7 Å². The van der Waals surface area contributed by atoms with Crippen molar-refractivity contribution in [3.05, 3.63) is 0 Å². The molecular weight excluding hydrogens is 187 g/mol. The summed E-state index contributed by atoms with van der Waals surface area (Å²) in [7, 11) is -4.67. The molecule has 0 aliphatic carbocycles. The molecule has 0 aliphatic rings. The van der Waals surface area contributed by atoms with Gasteiger partial charge in [-0.3, -0.25) is 9.11 Å². The molecule has 0 heterocycles. The molecule has 7 heavy (non-hydrogen) atoms. The summed E-state index contributed by atoms with van der Waals surface area (Å²) in [5.74, 6) is 0. The Labute approximate surface area is 94.8 Å². The Morgan fingerprint density at radius 2 is 1.14 bits per heavy atom. The fourth-order valence-electron chi connectivity index (χ4n) is 0. The second kappa shape index (κ2) is 6.16. The number of hydrogen-bond donors (Lipinski definition) is 2. The second-order valence-electron chi connectivity index (χ2n) is 0.448. The first-order chi connectivity index (χ1) is 2.00. The first kappa shape index (κ1) is 16.0. The van der Waals surface area contributed by atoms with Gasteiger partial charge in [0.05, 0.1) is 0 Å². The van der Waals surface area contributed by atoms with Crippen molar-refractivity contribution in [3.63, 3.8) is 0 Å². The fourth-order valence-corrected chi connectivity index (χ4v) is 0. The summed E-state index contributed by atoms with van der Waals surface area (Å²) in [6.07, 6.45) is 0. The van der Waals surface area contributed by atoms with E-state index in [1.807, 2.05) is 0 Å². The van der Waals surface area contributed by atoms with E-state index < -0.39 is 10.4 Å². The molecule has 0 aromatic carbocycles. The molecule has 7 heteroatoms. The zero-order valence-corrected chi connectivity index (χ0v) is 4.62. The zero-order chi connectivity index (χ0) is 4.50. The van der Waals surface area contributed by atoms with E-state index >= 15 is 0 Å². The molecule has 0 amide bonds. The zero-order valence-electron chi connectivity index (χ0n) is 2.53. The maximum atomic E-state index is 8.74. The molecule has 0 radical (unpaired) electrons. The van der Waals surface area contributed by atoms with Crippen LogP contribution in [0, 0.1) is 0 Å². The minimum atomic E-state index is -4.67. The molecule has 2 N–H and O–H groups in total. The van der Waals surface area contributed by atoms with Gasteiger partial charge in [-0.25, -0.2) is 0 Å². The Balaban J connectivity index is -0.0000000800. The van der Waals surface area contributed by atoms with Gasteiger partial charge in [-0.05, 0) is 0 Å². The van der Waals surface area contributed by atoms with Gasteiger partial charge in [0.25, 0.3) is 0 Å². The summed E-state index contributed by atoms with van der Waals surface area (Å²) in [6.45, 7) is 0. The summed E-state index contributed by atoms with van der Waals surface area (Å²) in [6, 6.07) is 0. The van der Waals surface area contributed by atoms with Gasteiger partial charge in [0.15, 0.2) is 0 Å². The van der Waals surface area contributed by atoms with Crippen LogP contribution in [0.5, 0.6) is 0 Å². The van der Waals surface area contributed by atoms with E-state index in [2.05, 4.69) is 0 Å². The van der Waals surface area contributed by atoms with Crippen molar-refractivity contribution in [2.75, 3.05) is 0 Å². The third-order valence-corrected chi connectivity index (χ3v) is 0. The van der Waals surface area contributed by atoms with E-state index in [0.717, 1.165) is 0 Å². The molecule has 0 spiro atoms. The topological polar surface area (TPSA) is 74.6 Å². The van der Waals surface area contributed by atoms with Gasteiger partial charge < -0.3 is 0 Å². The van der Waals surface area contributed by atoms with E-state index in [1.165, 1.54) is 0 Å². The first-order valence-electron chi connectivity index (χ1n) is 0.698. The molecule has 40 valence electrons. The molecule has 0 rings (SSSR count). The summed E-state index contributed by atoms with van der Waals surface area (Å²) in [5, 5.41) is 0. The normalized spacial score (nSPS) is 8.29. The molecule has 0 saturated carbocycles. The molecule has 4 nitrogen and oxygen atoms in total. The predicted molar refractivity (Wildman–Crippen MR) is 21.3 cm³/mol. The Kier molecular flexibility index (Phi) is 14.1. The summed E-state index contributed by atoms with van der Waals surface area (Å²) < 4.78 is 31.6. The van der Waals surface area contributed by atoms with Crippen molar-refractivity contribution in [2.24, 2.45) is 0 Å². The second-order valence-corrected chi connectivity index (χ2v) is 1.34. The Hall–Kier alpha value is 2.04. The third kappa shape index (κ3) is 70.5. The van der Waals surface area contributed by atoms with Gasteiger partial charge in [0.1, 0.15) is 0 Å². The van der Waals surface area contributed by atoms with Crippen LogP contribution in [0.25, 0.3) is 0 Å². The van der Waals surface area contributed by atoms with Crippen molar-refractivity contribution >= 4 is 61.8 Å². The van der Waals surface area contributed by atoms with Gasteiger partial charge >= 0.3 is 61.8 Å². The van der Waals surface area contributed by atoms with E-state index in [1.54, 1.807) is 0 Å². The Morgan fingerprint density at radius 3 is 1.14 bits per heavy atom. The third-order valence-electron chi connectivity index (χ3n) is 0. The van der Waals surface area contributed by atoms with Gasteiger partial charge in [0, 0.05) is 17.4 Å². The average molecular weight is 190 g/mol. The fraction of sp³-hybridized carbons (Fsp3) is 0. The van der Waals surface area contributed by atoms with Gasteiger partial charge in [-0.2, -0.15) is 8.42 Å². The van der Waals surface area contributed by atoms with Crippen molar-refractivity contribution in [1.29, 1.82) is 0 Å². The predicted octanol–water partition coefficient (Wildman–Crippen LogP) is -1.30. The quantitative estimate of drug-likeness (QED) is 0.367. The van der Waals surface area contributed by atoms with E-state index in [4.69, 9.17) is 17.5 Å². The van der Waals surface area contributed by atoms with Crippen LogP contribution >= 0.6 is 0 Å². The van der Waals surface area contributed by atoms with Crippen LogP contribution in [0.3, 0.4) is 0 Å². The van der Waals surface area contributed by atoms with Gasteiger partial charge in [-0.15, -0.1) is 0 Å². The van der Waals surface area contributed by atoms with Crippen LogP contribution in [0.15, 0.2) is 0 Å². The van der Waals surface area contributed by atoms with Crippen molar-refractivity contribution < 1.29 is 34.9 Å². The van der Waals surface area contributed by atoms with Crippen molar-refractivity contribution in [3.8, 4) is 0 Å². The molecule has 0 unspecified atom stereocenters. The summed E-state index contributed by atoms with van der Waals surface area (Å²) >= 11 is 0. The standard InChI is InChI=1S/Cr.K.H2O4S.H/c;;1-5(2,3)4;/h;;(H2,1,2,3,4);. The number of rotatable bonds is 0. The van der Waals surface area contributed by atoms with E-state index in [0.29, 0.717) is 0 Å². The molecule has 0 saturated heterocycles. The van der Waals surface area contributed by atoms with Crippen LogP contribution in [0.2, 0.25) is 0 Å². The average Bonchev–Trinajstić information content (AvgIpc) is 0.722. The Morgan fingerprint density at radius 1 is 1.14 bits per heavy atom. The van der Waals surface area contributed by atoms with E-state index in [9.17, 15) is 0 Å². The van der Waals surface area contributed by atoms with Crippen LogP contribution in [-0.2, 0) is 27.8 Å². The molecule has 0 atom stereocenters. The molecule has 0 aromatic heterocycles. The van der Waals surface area contributed by atoms with Gasteiger partial charge in [0.2, 0.25) is 0 Å². The van der Waals surface area contributed by atoms with Crippen LogP contribution in [0.4, 0.5) is 0 Å². The number of hydrogen-bond acceptors (Lipinski definition) is 2. The first-order valence-corrected chi connectivity index (χ1v) is 2.10. The molecule has 0 fully saturated rings. The van der Waals surface area contributed by atoms with Crippen molar-refractivity contribution in [2.45, 2.75) is 0 Å². The van der Waals surface area contributed by atoms with Crippen LogP contribution in [-0.4, -0.2) is 68.9 Å². The summed E-state index contributed by atoms with van der Waals surface area (Å²) in [5.41, 5.74) is 0. The monoisotopic (exact) mass is 190 g/mol. The SMILES string of the molecule is O=S(=O)(O)O.[Cr].[KH]. The molecule has 0 aromatic rings. The Bertz CT molecular complexity index is 94.9. The molecular formula is H3CrKO4S. The van der Waals surface area contributed by atoms with Crippen LogP contribution < -0.4 is 0 Å². The summed E-state index contributed by atoms with van der Waals surface area (Å²) in [4.78, 5) is 0. The molecule has 0 bridgehead atoms. The minimum absolute atomic E-state index is 0. The van der Waals surface area contributed by atoms with Crippen molar-refractivity contribution in [1.82, 2.24) is 0 Å².